The molecule has 2 aliphatic heterocycles. The van der Waals surface area contributed by atoms with Gasteiger partial charge in [-0.2, -0.15) is 0 Å². The molecule has 146 valence electrons. The van der Waals surface area contributed by atoms with Crippen LogP contribution >= 0.6 is 0 Å². The van der Waals surface area contributed by atoms with Gasteiger partial charge in [-0.25, -0.2) is 4.98 Å². The van der Waals surface area contributed by atoms with Crippen LogP contribution < -0.4 is 9.47 Å². The fraction of sp³-hybridized carbons (Fsp3) is 0.571. The van der Waals surface area contributed by atoms with E-state index in [0.717, 1.165) is 62.0 Å². The van der Waals surface area contributed by atoms with Crippen molar-refractivity contribution in [1.29, 1.82) is 0 Å². The summed E-state index contributed by atoms with van der Waals surface area (Å²) < 4.78 is 18.8. The first-order valence-electron chi connectivity index (χ1n) is 9.87. The van der Waals surface area contributed by atoms with Gasteiger partial charge < -0.3 is 23.7 Å². The van der Waals surface area contributed by atoms with Gasteiger partial charge in [0.05, 0.1) is 19.8 Å². The molecule has 3 heterocycles. The molecule has 6 nitrogen and oxygen atoms in total. The minimum Gasteiger partial charge on any atom is -0.497 e. The maximum Gasteiger partial charge on any atom is 0.143 e. The molecule has 0 unspecified atom stereocenters. The molecular weight excluding hydrogens is 342 g/mol. The highest BCUT2D eigenvalue weighted by Gasteiger charge is 2.28. The standard InChI is InChI=1S/C21H29N3O3/c1-25-18-3-4-19(20(15-18)26-2)21-22-9-12-24(21)17-5-10-23(11-6-17)16-7-13-27-14-8-16/h3-4,9,12,15-17H,5-8,10-11,13-14H2,1-2H3. The van der Waals surface area contributed by atoms with Crippen molar-refractivity contribution < 1.29 is 14.2 Å². The van der Waals surface area contributed by atoms with E-state index in [2.05, 4.69) is 20.6 Å². The van der Waals surface area contributed by atoms with Crippen LogP contribution in [0, 0.1) is 0 Å². The van der Waals surface area contributed by atoms with Crippen molar-refractivity contribution in [3.05, 3.63) is 30.6 Å². The van der Waals surface area contributed by atoms with E-state index < -0.39 is 0 Å². The number of rotatable bonds is 5. The van der Waals surface area contributed by atoms with Gasteiger partial charge in [-0.1, -0.05) is 0 Å². The predicted octanol–water partition coefficient (Wildman–Crippen LogP) is 3.38. The highest BCUT2D eigenvalue weighted by molar-refractivity contribution is 5.66. The van der Waals surface area contributed by atoms with Gasteiger partial charge >= 0.3 is 0 Å². The SMILES string of the molecule is COc1ccc(-c2nccn2C2CCN(C3CCOCC3)CC2)c(OC)c1. The zero-order valence-corrected chi connectivity index (χ0v) is 16.3. The first-order chi connectivity index (χ1) is 13.3. The number of hydrogen-bond acceptors (Lipinski definition) is 5. The lowest BCUT2D eigenvalue weighted by Gasteiger charge is -2.39. The second-order valence-electron chi connectivity index (χ2n) is 7.34. The van der Waals surface area contributed by atoms with Crippen LogP contribution in [0.2, 0.25) is 0 Å². The zero-order valence-electron chi connectivity index (χ0n) is 16.3. The van der Waals surface area contributed by atoms with Crippen LogP contribution in [0.15, 0.2) is 30.6 Å². The number of piperidine rings is 1. The lowest BCUT2D eigenvalue weighted by atomic mass is 9.99. The Morgan fingerprint density at radius 1 is 1.00 bits per heavy atom. The average molecular weight is 371 g/mol. The summed E-state index contributed by atoms with van der Waals surface area (Å²) in [4.78, 5) is 7.30. The van der Waals surface area contributed by atoms with E-state index in [4.69, 9.17) is 14.2 Å². The molecule has 1 aromatic heterocycles. The maximum atomic E-state index is 5.60. The van der Waals surface area contributed by atoms with E-state index in [1.807, 2.05) is 24.4 Å². The van der Waals surface area contributed by atoms with Crippen LogP contribution in [0.3, 0.4) is 0 Å². The molecular formula is C21H29N3O3. The summed E-state index contributed by atoms with van der Waals surface area (Å²) in [6, 6.07) is 7.09. The average Bonchev–Trinajstić information content (AvgIpc) is 3.23. The Balaban J connectivity index is 1.50. The highest BCUT2D eigenvalue weighted by atomic mass is 16.5. The molecule has 6 heteroatoms. The van der Waals surface area contributed by atoms with Gasteiger partial charge in [0.2, 0.25) is 0 Å². The van der Waals surface area contributed by atoms with Gasteiger partial charge in [0, 0.05) is 56.8 Å². The number of ether oxygens (including phenoxy) is 3. The van der Waals surface area contributed by atoms with Crippen molar-refractivity contribution >= 4 is 0 Å². The zero-order chi connectivity index (χ0) is 18.6. The van der Waals surface area contributed by atoms with Gasteiger partial charge in [0.1, 0.15) is 17.3 Å². The largest absolute Gasteiger partial charge is 0.497 e. The van der Waals surface area contributed by atoms with Crippen molar-refractivity contribution in [2.45, 2.75) is 37.8 Å². The normalized spacial score (nSPS) is 19.9. The third-order valence-corrected chi connectivity index (χ3v) is 5.92. The lowest BCUT2D eigenvalue weighted by molar-refractivity contribution is 0.0220. The molecule has 0 radical (unpaired) electrons. The van der Waals surface area contributed by atoms with E-state index in [0.29, 0.717) is 12.1 Å². The summed E-state index contributed by atoms with van der Waals surface area (Å²) in [5, 5.41) is 0. The number of imidazole rings is 1. The topological polar surface area (TPSA) is 48.8 Å². The van der Waals surface area contributed by atoms with E-state index in [-0.39, 0.29) is 0 Å². The van der Waals surface area contributed by atoms with E-state index in [1.165, 1.54) is 12.8 Å². The van der Waals surface area contributed by atoms with Gasteiger partial charge in [-0.15, -0.1) is 0 Å². The van der Waals surface area contributed by atoms with Gasteiger partial charge in [0.15, 0.2) is 0 Å². The smallest absolute Gasteiger partial charge is 0.143 e. The molecule has 27 heavy (non-hydrogen) atoms. The van der Waals surface area contributed by atoms with Crippen molar-refractivity contribution in [3.8, 4) is 22.9 Å². The Morgan fingerprint density at radius 3 is 2.48 bits per heavy atom. The summed E-state index contributed by atoms with van der Waals surface area (Å²) in [6.45, 7) is 4.11. The highest BCUT2D eigenvalue weighted by Crippen LogP contribution is 2.35. The Morgan fingerprint density at radius 2 is 1.78 bits per heavy atom. The Labute approximate surface area is 161 Å². The Kier molecular flexibility index (Phi) is 5.64. The van der Waals surface area contributed by atoms with Gasteiger partial charge in [0.25, 0.3) is 0 Å². The van der Waals surface area contributed by atoms with E-state index in [9.17, 15) is 0 Å². The molecule has 2 fully saturated rings. The van der Waals surface area contributed by atoms with Crippen molar-refractivity contribution in [3.63, 3.8) is 0 Å². The second kappa shape index (κ2) is 8.31. The lowest BCUT2D eigenvalue weighted by Crippen LogP contribution is -2.44. The summed E-state index contributed by atoms with van der Waals surface area (Å²) in [5.74, 6) is 2.55. The van der Waals surface area contributed by atoms with Crippen molar-refractivity contribution in [1.82, 2.24) is 14.5 Å². The van der Waals surface area contributed by atoms with Gasteiger partial charge in [-0.3, -0.25) is 0 Å². The molecule has 0 saturated carbocycles. The molecule has 2 saturated heterocycles. The van der Waals surface area contributed by atoms with Crippen molar-refractivity contribution in [2.24, 2.45) is 0 Å². The third-order valence-electron chi connectivity index (χ3n) is 5.92. The Bertz CT molecular complexity index is 747. The third kappa shape index (κ3) is 3.82. The Hall–Kier alpha value is -2.05. The van der Waals surface area contributed by atoms with Crippen molar-refractivity contribution in [2.75, 3.05) is 40.5 Å². The molecule has 2 aromatic rings. The summed E-state index contributed by atoms with van der Waals surface area (Å²) in [7, 11) is 3.36. The molecule has 0 amide bonds. The predicted molar refractivity (Wildman–Crippen MR) is 104 cm³/mol. The quantitative estimate of drug-likeness (QED) is 0.806. The van der Waals surface area contributed by atoms with Crippen LogP contribution in [0.4, 0.5) is 0 Å². The number of aromatic nitrogens is 2. The van der Waals surface area contributed by atoms with Crippen LogP contribution in [0.1, 0.15) is 31.7 Å². The minimum absolute atomic E-state index is 0.477. The number of nitrogens with zero attached hydrogens (tertiary/aromatic N) is 3. The van der Waals surface area contributed by atoms with Crippen LogP contribution in [0.5, 0.6) is 11.5 Å². The molecule has 0 bridgehead atoms. The van der Waals surface area contributed by atoms with Crippen LogP contribution in [-0.2, 0) is 4.74 Å². The summed E-state index contributed by atoms with van der Waals surface area (Å²) in [5.41, 5.74) is 1.01. The monoisotopic (exact) mass is 371 g/mol. The molecule has 0 aliphatic carbocycles. The second-order valence-corrected chi connectivity index (χ2v) is 7.34. The molecule has 0 atom stereocenters. The molecule has 0 spiro atoms. The first-order valence-corrected chi connectivity index (χ1v) is 9.87. The van der Waals surface area contributed by atoms with E-state index in [1.54, 1.807) is 14.2 Å². The molecule has 1 aromatic carbocycles. The molecule has 4 rings (SSSR count). The first kappa shape index (κ1) is 18.3. The van der Waals surface area contributed by atoms with E-state index >= 15 is 0 Å². The summed E-state index contributed by atoms with van der Waals surface area (Å²) in [6.07, 6.45) is 8.64. The molecule has 0 N–H and O–H groups in total. The fourth-order valence-electron chi connectivity index (χ4n) is 4.38. The van der Waals surface area contributed by atoms with Crippen LogP contribution in [0.25, 0.3) is 11.4 Å². The number of likely N-dealkylation sites (tertiary alicyclic amines) is 1. The minimum atomic E-state index is 0.477. The number of methoxy groups -OCH3 is 2. The van der Waals surface area contributed by atoms with Gasteiger partial charge in [-0.05, 0) is 37.8 Å². The number of hydrogen-bond donors (Lipinski definition) is 0. The fourth-order valence-corrected chi connectivity index (χ4v) is 4.38. The van der Waals surface area contributed by atoms with Crippen LogP contribution in [-0.4, -0.2) is 61.0 Å². The maximum absolute atomic E-state index is 5.60. The summed E-state index contributed by atoms with van der Waals surface area (Å²) >= 11 is 0. The number of benzene rings is 1. The molecule has 2 aliphatic rings.